The van der Waals surface area contributed by atoms with Crippen LogP contribution < -0.4 is 5.73 Å². The first-order valence-electron chi connectivity index (χ1n) is 5.27. The van der Waals surface area contributed by atoms with Crippen LogP contribution >= 0.6 is 0 Å². The predicted octanol–water partition coefficient (Wildman–Crippen LogP) is 3.26. The molecule has 0 saturated carbocycles. The molecular formula is C14H14FN. The minimum atomic E-state index is -0.202. The van der Waals surface area contributed by atoms with Crippen molar-refractivity contribution in [3.05, 3.63) is 59.4 Å². The van der Waals surface area contributed by atoms with E-state index >= 15 is 0 Å². The van der Waals surface area contributed by atoms with Crippen molar-refractivity contribution in [3.8, 4) is 11.1 Å². The number of benzene rings is 2. The molecule has 16 heavy (non-hydrogen) atoms. The summed E-state index contributed by atoms with van der Waals surface area (Å²) in [7, 11) is 0. The Bertz CT molecular complexity index is 506. The van der Waals surface area contributed by atoms with Crippen molar-refractivity contribution in [2.75, 3.05) is 0 Å². The summed E-state index contributed by atoms with van der Waals surface area (Å²) >= 11 is 0. The molecule has 2 aromatic carbocycles. The van der Waals surface area contributed by atoms with Crippen molar-refractivity contribution in [1.82, 2.24) is 0 Å². The monoisotopic (exact) mass is 215 g/mol. The number of hydrogen-bond donors (Lipinski definition) is 1. The Morgan fingerprint density at radius 1 is 1.06 bits per heavy atom. The zero-order valence-corrected chi connectivity index (χ0v) is 9.20. The van der Waals surface area contributed by atoms with E-state index in [0.29, 0.717) is 6.54 Å². The van der Waals surface area contributed by atoms with Crippen LogP contribution in [0.4, 0.5) is 4.39 Å². The molecule has 0 heterocycles. The van der Waals surface area contributed by atoms with E-state index in [-0.39, 0.29) is 5.82 Å². The van der Waals surface area contributed by atoms with E-state index in [1.165, 1.54) is 6.07 Å². The van der Waals surface area contributed by atoms with Crippen molar-refractivity contribution in [2.45, 2.75) is 13.5 Å². The Morgan fingerprint density at radius 3 is 2.50 bits per heavy atom. The molecule has 0 aliphatic carbocycles. The lowest BCUT2D eigenvalue weighted by atomic mass is 9.96. The van der Waals surface area contributed by atoms with Gasteiger partial charge in [0.2, 0.25) is 0 Å². The standard InChI is InChI=1S/C14H14FN/c1-10-8-12(15)6-7-13(10)14-5-3-2-4-11(14)9-16/h2-8H,9,16H2,1H3. The zero-order valence-electron chi connectivity index (χ0n) is 9.20. The van der Waals surface area contributed by atoms with E-state index in [9.17, 15) is 4.39 Å². The number of rotatable bonds is 2. The Labute approximate surface area is 94.7 Å². The average Bonchev–Trinajstić information content (AvgIpc) is 2.29. The molecule has 2 heteroatoms. The van der Waals surface area contributed by atoms with Gasteiger partial charge in [-0.05, 0) is 41.3 Å². The highest BCUT2D eigenvalue weighted by Gasteiger charge is 2.06. The largest absolute Gasteiger partial charge is 0.326 e. The Balaban J connectivity index is 2.58. The lowest BCUT2D eigenvalue weighted by Crippen LogP contribution is -1.99. The highest BCUT2D eigenvalue weighted by molar-refractivity contribution is 5.70. The molecule has 0 aromatic heterocycles. The van der Waals surface area contributed by atoms with E-state index in [2.05, 4.69) is 0 Å². The second-order valence-electron chi connectivity index (χ2n) is 3.82. The van der Waals surface area contributed by atoms with E-state index in [0.717, 1.165) is 22.3 Å². The molecule has 0 fully saturated rings. The lowest BCUT2D eigenvalue weighted by Gasteiger charge is -2.10. The number of halogens is 1. The normalized spacial score (nSPS) is 10.4. The van der Waals surface area contributed by atoms with Crippen LogP contribution in [0.15, 0.2) is 42.5 Å². The fourth-order valence-corrected chi connectivity index (χ4v) is 1.89. The van der Waals surface area contributed by atoms with E-state index in [1.54, 1.807) is 12.1 Å². The molecule has 2 aromatic rings. The second-order valence-corrected chi connectivity index (χ2v) is 3.82. The summed E-state index contributed by atoms with van der Waals surface area (Å²) in [5.74, 6) is -0.202. The fourth-order valence-electron chi connectivity index (χ4n) is 1.89. The molecule has 2 N–H and O–H groups in total. The van der Waals surface area contributed by atoms with Crippen LogP contribution in [0.3, 0.4) is 0 Å². The molecule has 0 radical (unpaired) electrons. The maximum atomic E-state index is 13.0. The van der Waals surface area contributed by atoms with Crippen LogP contribution in [0.5, 0.6) is 0 Å². The first-order chi connectivity index (χ1) is 7.72. The summed E-state index contributed by atoms with van der Waals surface area (Å²) in [6.45, 7) is 2.40. The third-order valence-electron chi connectivity index (χ3n) is 2.72. The average molecular weight is 215 g/mol. The molecule has 0 atom stereocenters. The molecule has 0 bridgehead atoms. The third kappa shape index (κ3) is 1.97. The van der Waals surface area contributed by atoms with Gasteiger partial charge in [0, 0.05) is 6.54 Å². The molecule has 0 aliphatic heterocycles. The number of nitrogens with two attached hydrogens (primary N) is 1. The van der Waals surface area contributed by atoms with Gasteiger partial charge in [0.15, 0.2) is 0 Å². The summed E-state index contributed by atoms with van der Waals surface area (Å²) in [4.78, 5) is 0. The van der Waals surface area contributed by atoms with Crippen molar-refractivity contribution in [1.29, 1.82) is 0 Å². The van der Waals surface area contributed by atoms with Gasteiger partial charge in [-0.3, -0.25) is 0 Å². The molecule has 0 aliphatic rings. The van der Waals surface area contributed by atoms with Crippen molar-refractivity contribution in [3.63, 3.8) is 0 Å². The second kappa shape index (κ2) is 4.45. The van der Waals surface area contributed by atoms with Gasteiger partial charge in [-0.15, -0.1) is 0 Å². The maximum Gasteiger partial charge on any atom is 0.123 e. The van der Waals surface area contributed by atoms with E-state index in [1.807, 2.05) is 31.2 Å². The first-order valence-corrected chi connectivity index (χ1v) is 5.27. The molecular weight excluding hydrogens is 201 g/mol. The van der Waals surface area contributed by atoms with Gasteiger partial charge in [-0.1, -0.05) is 30.3 Å². The SMILES string of the molecule is Cc1cc(F)ccc1-c1ccccc1CN. The molecule has 0 amide bonds. The summed E-state index contributed by atoms with van der Waals surface area (Å²) in [5, 5.41) is 0. The van der Waals surface area contributed by atoms with E-state index < -0.39 is 0 Å². The lowest BCUT2D eigenvalue weighted by molar-refractivity contribution is 0.627. The summed E-state index contributed by atoms with van der Waals surface area (Å²) in [6.07, 6.45) is 0. The predicted molar refractivity (Wildman–Crippen MR) is 64.5 cm³/mol. The van der Waals surface area contributed by atoms with Gasteiger partial charge in [0.05, 0.1) is 0 Å². The minimum Gasteiger partial charge on any atom is -0.326 e. The summed E-state index contributed by atoms with van der Waals surface area (Å²) in [5.41, 5.74) is 9.84. The van der Waals surface area contributed by atoms with Crippen LogP contribution in [0.2, 0.25) is 0 Å². The quantitative estimate of drug-likeness (QED) is 0.817. The molecule has 0 saturated heterocycles. The third-order valence-corrected chi connectivity index (χ3v) is 2.72. The number of aryl methyl sites for hydroxylation is 1. The highest BCUT2D eigenvalue weighted by atomic mass is 19.1. The Hall–Kier alpha value is -1.67. The van der Waals surface area contributed by atoms with Gasteiger partial charge in [-0.25, -0.2) is 4.39 Å². The van der Waals surface area contributed by atoms with Crippen LogP contribution in [0, 0.1) is 12.7 Å². The van der Waals surface area contributed by atoms with Crippen LogP contribution in [-0.4, -0.2) is 0 Å². The Kier molecular flexibility index (Phi) is 3.02. The van der Waals surface area contributed by atoms with Gasteiger partial charge < -0.3 is 5.73 Å². The topological polar surface area (TPSA) is 26.0 Å². The molecule has 82 valence electrons. The molecule has 0 spiro atoms. The fraction of sp³-hybridized carbons (Fsp3) is 0.143. The van der Waals surface area contributed by atoms with Crippen LogP contribution in [0.25, 0.3) is 11.1 Å². The molecule has 2 rings (SSSR count). The van der Waals surface area contributed by atoms with Crippen LogP contribution in [-0.2, 0) is 6.54 Å². The van der Waals surface area contributed by atoms with Crippen molar-refractivity contribution >= 4 is 0 Å². The zero-order chi connectivity index (χ0) is 11.5. The maximum absolute atomic E-state index is 13.0. The van der Waals surface area contributed by atoms with Gasteiger partial charge in [0.1, 0.15) is 5.82 Å². The van der Waals surface area contributed by atoms with Crippen LogP contribution in [0.1, 0.15) is 11.1 Å². The van der Waals surface area contributed by atoms with Gasteiger partial charge >= 0.3 is 0 Å². The molecule has 0 unspecified atom stereocenters. The first kappa shape index (κ1) is 10.8. The molecule has 1 nitrogen and oxygen atoms in total. The Morgan fingerprint density at radius 2 is 1.81 bits per heavy atom. The van der Waals surface area contributed by atoms with Gasteiger partial charge in [0.25, 0.3) is 0 Å². The highest BCUT2D eigenvalue weighted by Crippen LogP contribution is 2.26. The summed E-state index contributed by atoms with van der Waals surface area (Å²) in [6, 6.07) is 12.8. The van der Waals surface area contributed by atoms with Gasteiger partial charge in [-0.2, -0.15) is 0 Å². The van der Waals surface area contributed by atoms with Crippen molar-refractivity contribution in [2.24, 2.45) is 5.73 Å². The van der Waals surface area contributed by atoms with E-state index in [4.69, 9.17) is 5.73 Å². The number of hydrogen-bond acceptors (Lipinski definition) is 1. The van der Waals surface area contributed by atoms with Crippen molar-refractivity contribution < 1.29 is 4.39 Å². The summed E-state index contributed by atoms with van der Waals surface area (Å²) < 4.78 is 13.0. The smallest absolute Gasteiger partial charge is 0.123 e. The minimum absolute atomic E-state index is 0.202.